The number of imidazole rings is 1. The molecule has 2 rings (SSSR count). The summed E-state index contributed by atoms with van der Waals surface area (Å²) in [5.74, 6) is 0.989. The van der Waals surface area contributed by atoms with Crippen molar-refractivity contribution < 1.29 is 0 Å². The van der Waals surface area contributed by atoms with E-state index in [1.54, 1.807) is 6.20 Å². The molecule has 0 amide bonds. The summed E-state index contributed by atoms with van der Waals surface area (Å²) in [4.78, 5) is 4.19. The molecule has 1 aromatic heterocycles. The van der Waals surface area contributed by atoms with Gasteiger partial charge < -0.3 is 10.3 Å². The highest BCUT2D eigenvalue weighted by molar-refractivity contribution is 5.85. The number of benzene rings is 1. The van der Waals surface area contributed by atoms with Crippen LogP contribution in [-0.4, -0.2) is 9.55 Å². The van der Waals surface area contributed by atoms with E-state index in [1.807, 2.05) is 24.6 Å². The van der Waals surface area contributed by atoms with Gasteiger partial charge in [-0.1, -0.05) is 12.1 Å². The molecule has 3 nitrogen and oxygen atoms in total. The van der Waals surface area contributed by atoms with Crippen LogP contribution in [0.25, 0.3) is 5.69 Å². The third-order valence-electron chi connectivity index (χ3n) is 2.52. The lowest BCUT2D eigenvalue weighted by atomic mass is 10.1. The highest BCUT2D eigenvalue weighted by atomic mass is 35.5. The molecule has 17 heavy (non-hydrogen) atoms. The third-order valence-corrected chi connectivity index (χ3v) is 2.52. The van der Waals surface area contributed by atoms with Gasteiger partial charge in [0.2, 0.25) is 0 Å². The lowest BCUT2D eigenvalue weighted by Gasteiger charge is -2.08. The highest BCUT2D eigenvalue weighted by Crippen LogP contribution is 2.14. The zero-order valence-corrected chi connectivity index (χ0v) is 11.5. The van der Waals surface area contributed by atoms with Crippen molar-refractivity contribution >= 4 is 24.8 Å². The summed E-state index contributed by atoms with van der Waals surface area (Å²) in [7, 11) is 0. The Morgan fingerprint density at radius 2 is 1.76 bits per heavy atom. The predicted molar refractivity (Wildman–Crippen MR) is 75.4 cm³/mol. The number of aryl methyl sites for hydroxylation is 1. The summed E-state index contributed by atoms with van der Waals surface area (Å²) in [5, 5.41) is 0. The fraction of sp³-hybridized carbons (Fsp3) is 0.250. The van der Waals surface area contributed by atoms with Gasteiger partial charge in [-0.25, -0.2) is 4.98 Å². The number of hydrogen-bond acceptors (Lipinski definition) is 2. The first-order valence-electron chi connectivity index (χ1n) is 5.04. The third kappa shape index (κ3) is 3.46. The predicted octanol–water partition coefficient (Wildman–Crippen LogP) is 3.04. The summed E-state index contributed by atoms with van der Waals surface area (Å²) in [6, 6.07) is 8.32. The molecule has 94 valence electrons. The van der Waals surface area contributed by atoms with Crippen molar-refractivity contribution in [3.63, 3.8) is 0 Å². The van der Waals surface area contributed by atoms with Gasteiger partial charge in [0, 0.05) is 24.1 Å². The molecule has 1 atom stereocenters. The Hall–Kier alpha value is -1.03. The fourth-order valence-corrected chi connectivity index (χ4v) is 1.59. The van der Waals surface area contributed by atoms with Crippen LogP contribution in [-0.2, 0) is 0 Å². The van der Waals surface area contributed by atoms with Crippen molar-refractivity contribution in [1.29, 1.82) is 0 Å². The molecule has 0 bridgehead atoms. The van der Waals surface area contributed by atoms with Gasteiger partial charge in [0.15, 0.2) is 0 Å². The molecule has 1 unspecified atom stereocenters. The molecule has 1 aromatic carbocycles. The van der Waals surface area contributed by atoms with Crippen molar-refractivity contribution in [2.75, 3.05) is 0 Å². The summed E-state index contributed by atoms with van der Waals surface area (Å²) in [6.45, 7) is 3.97. The van der Waals surface area contributed by atoms with Crippen molar-refractivity contribution in [1.82, 2.24) is 9.55 Å². The summed E-state index contributed by atoms with van der Waals surface area (Å²) < 4.78 is 2.05. The molecule has 0 fully saturated rings. The maximum Gasteiger partial charge on any atom is 0.110 e. The van der Waals surface area contributed by atoms with E-state index in [4.69, 9.17) is 5.73 Å². The zero-order chi connectivity index (χ0) is 10.8. The highest BCUT2D eigenvalue weighted by Gasteiger charge is 2.02. The normalized spacial score (nSPS) is 11.2. The van der Waals surface area contributed by atoms with Gasteiger partial charge in [-0.05, 0) is 31.5 Å². The number of halogens is 2. The second-order valence-electron chi connectivity index (χ2n) is 3.72. The Kier molecular flexibility index (Phi) is 6.24. The van der Waals surface area contributed by atoms with Crippen LogP contribution in [0.2, 0.25) is 0 Å². The van der Waals surface area contributed by atoms with Gasteiger partial charge in [0.25, 0.3) is 0 Å². The lowest BCUT2D eigenvalue weighted by Crippen LogP contribution is -2.05. The number of rotatable bonds is 2. The van der Waals surface area contributed by atoms with Crippen LogP contribution in [0.5, 0.6) is 0 Å². The van der Waals surface area contributed by atoms with Crippen LogP contribution < -0.4 is 5.73 Å². The van der Waals surface area contributed by atoms with Crippen LogP contribution in [0, 0.1) is 6.92 Å². The maximum absolute atomic E-state index is 5.79. The van der Waals surface area contributed by atoms with Crippen LogP contribution in [0.15, 0.2) is 36.7 Å². The number of hydrogen-bond donors (Lipinski definition) is 1. The first kappa shape index (κ1) is 16.0. The monoisotopic (exact) mass is 273 g/mol. The maximum atomic E-state index is 5.79. The van der Waals surface area contributed by atoms with Gasteiger partial charge in [0.05, 0.1) is 0 Å². The Labute approximate surface area is 114 Å². The second-order valence-corrected chi connectivity index (χ2v) is 3.72. The average Bonchev–Trinajstić information content (AvgIpc) is 2.65. The van der Waals surface area contributed by atoms with E-state index in [0.717, 1.165) is 17.1 Å². The molecule has 1 heterocycles. The minimum atomic E-state index is 0. The number of nitrogens with zero attached hydrogens (tertiary/aromatic N) is 2. The molecule has 0 radical (unpaired) electrons. The van der Waals surface area contributed by atoms with E-state index >= 15 is 0 Å². The Morgan fingerprint density at radius 1 is 1.18 bits per heavy atom. The van der Waals surface area contributed by atoms with E-state index in [1.165, 1.54) is 0 Å². The average molecular weight is 274 g/mol. The molecule has 0 saturated carbocycles. The zero-order valence-electron chi connectivity index (χ0n) is 9.83. The Morgan fingerprint density at radius 3 is 2.18 bits per heavy atom. The van der Waals surface area contributed by atoms with Gasteiger partial charge in [-0.3, -0.25) is 0 Å². The number of nitrogens with two attached hydrogens (primary N) is 1. The van der Waals surface area contributed by atoms with E-state index in [-0.39, 0.29) is 30.9 Å². The molecule has 0 aliphatic rings. The quantitative estimate of drug-likeness (QED) is 0.914. The molecular formula is C12H17Cl2N3. The minimum Gasteiger partial charge on any atom is -0.324 e. The summed E-state index contributed by atoms with van der Waals surface area (Å²) >= 11 is 0. The SMILES string of the molecule is Cc1nccn1-c1ccc(C(C)N)cc1.Cl.Cl. The van der Waals surface area contributed by atoms with E-state index in [2.05, 4.69) is 29.2 Å². The summed E-state index contributed by atoms with van der Waals surface area (Å²) in [5.41, 5.74) is 8.06. The molecule has 0 spiro atoms. The molecule has 0 saturated heterocycles. The Bertz CT molecular complexity index is 449. The van der Waals surface area contributed by atoms with Crippen LogP contribution >= 0.6 is 24.8 Å². The first-order valence-corrected chi connectivity index (χ1v) is 5.04. The van der Waals surface area contributed by atoms with Crippen molar-refractivity contribution in [2.45, 2.75) is 19.9 Å². The van der Waals surface area contributed by atoms with Gasteiger partial charge in [0.1, 0.15) is 5.82 Å². The van der Waals surface area contributed by atoms with Crippen LogP contribution in [0.3, 0.4) is 0 Å². The van der Waals surface area contributed by atoms with Crippen molar-refractivity contribution in [2.24, 2.45) is 5.73 Å². The molecule has 0 aliphatic carbocycles. The van der Waals surface area contributed by atoms with Gasteiger partial charge in [-0.15, -0.1) is 24.8 Å². The van der Waals surface area contributed by atoms with Gasteiger partial charge >= 0.3 is 0 Å². The van der Waals surface area contributed by atoms with E-state index in [9.17, 15) is 0 Å². The molecule has 2 N–H and O–H groups in total. The lowest BCUT2D eigenvalue weighted by molar-refractivity contribution is 0.817. The molecule has 0 aliphatic heterocycles. The van der Waals surface area contributed by atoms with Crippen LogP contribution in [0.1, 0.15) is 24.4 Å². The Balaban J connectivity index is 0.00000128. The molecule has 2 aromatic rings. The summed E-state index contributed by atoms with van der Waals surface area (Å²) in [6.07, 6.45) is 3.75. The van der Waals surface area contributed by atoms with Crippen molar-refractivity contribution in [3.8, 4) is 5.69 Å². The van der Waals surface area contributed by atoms with E-state index < -0.39 is 0 Å². The molecule has 5 heteroatoms. The second kappa shape index (κ2) is 6.64. The first-order chi connectivity index (χ1) is 7.18. The van der Waals surface area contributed by atoms with Crippen molar-refractivity contribution in [3.05, 3.63) is 48.0 Å². The van der Waals surface area contributed by atoms with Gasteiger partial charge in [-0.2, -0.15) is 0 Å². The van der Waals surface area contributed by atoms with Crippen LogP contribution in [0.4, 0.5) is 0 Å². The number of aromatic nitrogens is 2. The minimum absolute atomic E-state index is 0. The van der Waals surface area contributed by atoms with E-state index in [0.29, 0.717) is 0 Å². The smallest absolute Gasteiger partial charge is 0.110 e. The topological polar surface area (TPSA) is 43.8 Å². The fourth-order valence-electron chi connectivity index (χ4n) is 1.59. The standard InChI is InChI=1S/C12H15N3.2ClH/c1-9(13)11-3-5-12(6-4-11)15-8-7-14-10(15)2;;/h3-9H,13H2,1-2H3;2*1H. The largest absolute Gasteiger partial charge is 0.324 e. The molecular weight excluding hydrogens is 257 g/mol.